The molecule has 1 aromatic carbocycles. The van der Waals surface area contributed by atoms with E-state index >= 15 is 0 Å². The zero-order valence-electron chi connectivity index (χ0n) is 20.3. The summed E-state index contributed by atoms with van der Waals surface area (Å²) < 4.78 is 12.4. The number of pyridine rings is 1. The number of nitrogens with zero attached hydrogens (tertiary/aromatic N) is 3. The van der Waals surface area contributed by atoms with Crippen molar-refractivity contribution < 1.29 is 18.9 Å². The van der Waals surface area contributed by atoms with Crippen LogP contribution in [0.4, 0.5) is 4.79 Å². The number of Topliss-reactive ketones (excluding diaryl/α,β-unsaturated/α-hetero) is 1. The molecule has 0 aliphatic carbocycles. The molecular weight excluding hydrogens is 417 g/mol. The van der Waals surface area contributed by atoms with E-state index in [4.69, 9.17) is 9.31 Å². The predicted molar refractivity (Wildman–Crippen MR) is 128 cm³/mol. The van der Waals surface area contributed by atoms with Crippen LogP contribution in [-0.2, 0) is 22.3 Å². The minimum Gasteiger partial charge on any atom is -0.399 e. The molecule has 174 valence electrons. The van der Waals surface area contributed by atoms with Gasteiger partial charge in [0.2, 0.25) is 0 Å². The van der Waals surface area contributed by atoms with Gasteiger partial charge in [0.15, 0.2) is 5.78 Å². The van der Waals surface area contributed by atoms with E-state index in [1.807, 2.05) is 58.9 Å². The molecule has 0 radical (unpaired) electrons. The van der Waals surface area contributed by atoms with Gasteiger partial charge in [-0.15, -0.1) is 0 Å². The predicted octanol–water partition coefficient (Wildman–Crippen LogP) is 2.98. The zero-order chi connectivity index (χ0) is 24.0. The van der Waals surface area contributed by atoms with Gasteiger partial charge < -0.3 is 19.1 Å². The molecule has 1 aromatic heterocycles. The van der Waals surface area contributed by atoms with Crippen LogP contribution in [0.25, 0.3) is 0 Å². The molecule has 0 bridgehead atoms. The lowest BCUT2D eigenvalue weighted by Gasteiger charge is -2.32. The van der Waals surface area contributed by atoms with Gasteiger partial charge in [-0.25, -0.2) is 4.79 Å². The van der Waals surface area contributed by atoms with Gasteiger partial charge in [-0.1, -0.05) is 24.3 Å². The van der Waals surface area contributed by atoms with E-state index in [0.29, 0.717) is 18.8 Å². The Bertz CT molecular complexity index is 1050. The van der Waals surface area contributed by atoms with Crippen LogP contribution in [0.2, 0.25) is 0 Å². The first kappa shape index (κ1) is 23.5. The summed E-state index contributed by atoms with van der Waals surface area (Å²) in [5.74, 6) is -0.0484. The van der Waals surface area contributed by atoms with Crippen LogP contribution in [-0.4, -0.2) is 65.1 Å². The number of benzene rings is 1. The van der Waals surface area contributed by atoms with E-state index in [-0.39, 0.29) is 18.2 Å². The number of ketones is 1. The van der Waals surface area contributed by atoms with Gasteiger partial charge >= 0.3 is 13.1 Å². The third-order valence-corrected chi connectivity index (χ3v) is 7.13. The summed E-state index contributed by atoms with van der Waals surface area (Å²) in [6, 6.07) is 9.54. The number of hydrogen-bond acceptors (Lipinski definition) is 5. The van der Waals surface area contributed by atoms with Gasteiger partial charge in [-0.2, -0.15) is 0 Å². The lowest BCUT2D eigenvalue weighted by Crippen LogP contribution is -2.41. The van der Waals surface area contributed by atoms with Gasteiger partial charge in [0.25, 0.3) is 0 Å². The Morgan fingerprint density at radius 3 is 2.36 bits per heavy atom. The maximum atomic E-state index is 13.0. The number of urea groups is 1. The molecule has 2 amide bonds. The second kappa shape index (κ2) is 8.58. The van der Waals surface area contributed by atoms with E-state index in [1.54, 1.807) is 29.1 Å². The summed E-state index contributed by atoms with van der Waals surface area (Å²) in [5, 5.41) is 0. The Labute approximate surface area is 196 Å². The molecule has 0 spiro atoms. The third kappa shape index (κ3) is 4.55. The van der Waals surface area contributed by atoms with Crippen molar-refractivity contribution in [3.8, 4) is 0 Å². The molecule has 2 aliphatic heterocycles. The van der Waals surface area contributed by atoms with Crippen LogP contribution in [0, 0.1) is 6.92 Å². The highest BCUT2D eigenvalue weighted by Gasteiger charge is 2.52. The van der Waals surface area contributed by atoms with E-state index in [0.717, 1.165) is 28.7 Å². The first-order valence-electron chi connectivity index (χ1n) is 11.4. The first-order chi connectivity index (χ1) is 15.5. The lowest BCUT2D eigenvalue weighted by atomic mass is 9.74. The van der Waals surface area contributed by atoms with Crippen LogP contribution < -0.4 is 5.46 Å². The molecule has 4 rings (SSSR count). The summed E-state index contributed by atoms with van der Waals surface area (Å²) in [7, 11) is 1.33. The highest BCUT2D eigenvalue weighted by Crippen LogP contribution is 2.36. The molecule has 7 nitrogen and oxygen atoms in total. The van der Waals surface area contributed by atoms with Crippen molar-refractivity contribution in [2.24, 2.45) is 0 Å². The van der Waals surface area contributed by atoms with Crippen molar-refractivity contribution in [1.29, 1.82) is 0 Å². The van der Waals surface area contributed by atoms with Gasteiger partial charge in [0, 0.05) is 39.3 Å². The largest absolute Gasteiger partial charge is 0.495 e. The molecule has 2 saturated heterocycles. The van der Waals surface area contributed by atoms with Crippen molar-refractivity contribution in [2.75, 3.05) is 20.1 Å². The number of likely N-dealkylation sites (N-methyl/N-ethyl adjacent to an activating group) is 1. The standard InChI is InChI=1S/C25H32BN3O4/c1-17-19(8-7-9-20(17)26-32-24(2,3)25(4,5)33-26)14-22(30)21-11-10-18(15-27-21)16-29-13-12-28(6)23(29)31/h7-11,15H,12-14,16H2,1-6H3. The molecule has 2 aliphatic rings. The van der Waals surface area contributed by atoms with Crippen LogP contribution in [0.15, 0.2) is 36.5 Å². The average Bonchev–Trinajstić information content (AvgIpc) is 3.18. The quantitative estimate of drug-likeness (QED) is 0.501. The second-order valence-electron chi connectivity index (χ2n) is 10.00. The van der Waals surface area contributed by atoms with E-state index in [9.17, 15) is 9.59 Å². The second-order valence-corrected chi connectivity index (χ2v) is 10.00. The fourth-order valence-electron chi connectivity index (χ4n) is 4.14. The van der Waals surface area contributed by atoms with Crippen molar-refractivity contribution in [1.82, 2.24) is 14.8 Å². The molecular formula is C25H32BN3O4. The van der Waals surface area contributed by atoms with E-state index in [1.165, 1.54) is 0 Å². The van der Waals surface area contributed by atoms with Crippen molar-refractivity contribution in [2.45, 2.75) is 58.8 Å². The van der Waals surface area contributed by atoms with Gasteiger partial charge in [-0.05, 0) is 62.8 Å². The number of carbonyl (C=O) groups is 2. The maximum Gasteiger partial charge on any atom is 0.495 e. The van der Waals surface area contributed by atoms with Crippen LogP contribution in [0.5, 0.6) is 0 Å². The number of aromatic nitrogens is 1. The highest BCUT2D eigenvalue weighted by atomic mass is 16.7. The molecule has 0 atom stereocenters. The Hall–Kier alpha value is -2.71. The molecule has 2 fully saturated rings. The Kier molecular flexibility index (Phi) is 6.10. The monoisotopic (exact) mass is 449 g/mol. The normalized spacial score (nSPS) is 19.5. The number of carbonyl (C=O) groups excluding carboxylic acids is 2. The molecule has 2 aromatic rings. The first-order valence-corrected chi connectivity index (χ1v) is 11.4. The fraction of sp³-hybridized carbons (Fsp3) is 0.480. The van der Waals surface area contributed by atoms with Crippen LogP contribution >= 0.6 is 0 Å². The molecule has 0 unspecified atom stereocenters. The molecule has 0 N–H and O–H groups in total. The fourth-order valence-corrected chi connectivity index (χ4v) is 4.14. The number of hydrogen-bond donors (Lipinski definition) is 0. The third-order valence-electron chi connectivity index (χ3n) is 7.13. The van der Waals surface area contributed by atoms with Gasteiger partial charge in [0.05, 0.1) is 11.2 Å². The summed E-state index contributed by atoms with van der Waals surface area (Å²) in [6.07, 6.45) is 1.94. The molecule has 0 saturated carbocycles. The topological polar surface area (TPSA) is 72.0 Å². The molecule has 33 heavy (non-hydrogen) atoms. The number of rotatable bonds is 6. The minimum absolute atomic E-state index is 0.0208. The molecule has 3 heterocycles. The zero-order valence-corrected chi connectivity index (χ0v) is 20.3. The van der Waals surface area contributed by atoms with Gasteiger partial charge in [0.1, 0.15) is 5.69 Å². The molecule has 8 heteroatoms. The lowest BCUT2D eigenvalue weighted by molar-refractivity contribution is 0.00578. The van der Waals surface area contributed by atoms with Crippen molar-refractivity contribution >= 4 is 24.4 Å². The Morgan fingerprint density at radius 2 is 1.79 bits per heavy atom. The van der Waals surface area contributed by atoms with Gasteiger partial charge in [-0.3, -0.25) is 9.78 Å². The number of amides is 2. The summed E-state index contributed by atoms with van der Waals surface area (Å²) >= 11 is 0. The SMILES string of the molecule is Cc1c(CC(=O)c2ccc(CN3CCN(C)C3=O)cn2)cccc1B1OC(C)(C)C(C)(C)O1. The minimum atomic E-state index is -0.463. The Balaban J connectivity index is 1.45. The summed E-state index contributed by atoms with van der Waals surface area (Å²) in [6.45, 7) is 12.1. The smallest absolute Gasteiger partial charge is 0.399 e. The van der Waals surface area contributed by atoms with Crippen LogP contribution in [0.3, 0.4) is 0 Å². The Morgan fingerprint density at radius 1 is 1.09 bits per heavy atom. The highest BCUT2D eigenvalue weighted by molar-refractivity contribution is 6.62. The maximum absolute atomic E-state index is 13.0. The average molecular weight is 449 g/mol. The van der Waals surface area contributed by atoms with E-state index < -0.39 is 18.3 Å². The van der Waals surface area contributed by atoms with E-state index in [2.05, 4.69) is 4.98 Å². The summed E-state index contributed by atoms with van der Waals surface area (Å²) in [5.41, 5.74) is 3.37. The van der Waals surface area contributed by atoms with Crippen molar-refractivity contribution in [3.63, 3.8) is 0 Å². The van der Waals surface area contributed by atoms with Crippen LogP contribution in [0.1, 0.15) is 54.9 Å². The summed E-state index contributed by atoms with van der Waals surface area (Å²) in [4.78, 5) is 32.9. The van der Waals surface area contributed by atoms with Crippen molar-refractivity contribution in [3.05, 3.63) is 58.9 Å².